The van der Waals surface area contributed by atoms with Gasteiger partial charge in [0.2, 0.25) is 0 Å². The van der Waals surface area contributed by atoms with Gasteiger partial charge in [-0.15, -0.1) is 0 Å². The van der Waals surface area contributed by atoms with Gasteiger partial charge in [-0.2, -0.15) is 14.0 Å². The van der Waals surface area contributed by atoms with Crippen molar-refractivity contribution in [3.8, 4) is 0 Å². The molecule has 0 radical (unpaired) electrons. The number of hydrogen-bond donors (Lipinski definition) is 0. The van der Waals surface area contributed by atoms with E-state index in [0.717, 1.165) is 6.92 Å². The average Bonchev–Trinajstić information content (AvgIpc) is 1.21. The summed E-state index contributed by atoms with van der Waals surface area (Å²) >= 11 is 0. The molecule has 0 rings (SSSR count). The summed E-state index contributed by atoms with van der Waals surface area (Å²) in [6, 6.07) is 0. The van der Waals surface area contributed by atoms with Gasteiger partial charge in [0.15, 0.2) is 0 Å². The molecule has 0 bridgehead atoms. The third-order valence-electron chi connectivity index (χ3n) is 0.203. The van der Waals surface area contributed by atoms with E-state index in [0.29, 0.717) is 0 Å². The van der Waals surface area contributed by atoms with E-state index in [-0.39, 0.29) is 59.1 Å². The second kappa shape index (κ2) is 7.30. The van der Waals surface area contributed by atoms with Crippen LogP contribution < -0.4 is 14.0 Å². The van der Waals surface area contributed by atoms with E-state index in [1.807, 2.05) is 0 Å². The SMILES string of the molecule is CC(=O)O[Cl+3]([O-])([O-])[O-].[NaH].[NaH]. The Labute approximate surface area is 104 Å². The van der Waals surface area contributed by atoms with Crippen molar-refractivity contribution in [3.63, 3.8) is 0 Å². The topological polar surface area (TPSA) is 95.5 Å². The van der Waals surface area contributed by atoms with E-state index in [4.69, 9.17) is 0 Å². The van der Waals surface area contributed by atoms with E-state index in [2.05, 4.69) is 4.29 Å². The molecule has 8 heteroatoms. The fraction of sp³-hybridized carbons (Fsp3) is 0.500. The monoisotopic (exact) mass is 190 g/mol. The quantitative estimate of drug-likeness (QED) is 0.387. The molecule has 0 atom stereocenters. The fourth-order valence-electron chi connectivity index (χ4n) is 0.133. The standard InChI is InChI=1S/C2H3ClO5.2Na.2H/c1-2(4)8-3(5,6)7;;;;/h1H3;;;;. The van der Waals surface area contributed by atoms with Gasteiger partial charge < -0.3 is 0 Å². The maximum absolute atomic E-state index is 9.65. The predicted molar refractivity (Wildman–Crippen MR) is 26.1 cm³/mol. The van der Waals surface area contributed by atoms with Crippen molar-refractivity contribution in [2.75, 3.05) is 0 Å². The second-order valence-electron chi connectivity index (χ2n) is 0.947. The summed E-state index contributed by atoms with van der Waals surface area (Å²) in [5, 5.41) is 0. The van der Waals surface area contributed by atoms with Crippen molar-refractivity contribution in [3.05, 3.63) is 0 Å². The second-order valence-corrected chi connectivity index (χ2v) is 1.86. The molecule has 0 aliphatic rings. The molecule has 0 fully saturated rings. The van der Waals surface area contributed by atoms with Crippen molar-refractivity contribution in [1.29, 1.82) is 0 Å². The summed E-state index contributed by atoms with van der Waals surface area (Å²) in [7, 11) is -4.57. The van der Waals surface area contributed by atoms with Gasteiger partial charge in [-0.3, -0.25) is 0 Å². The molecule has 0 spiro atoms. The van der Waals surface area contributed by atoms with Crippen LogP contribution in [-0.2, 0) is 9.08 Å². The first kappa shape index (κ1) is 17.7. The first-order valence-electron chi connectivity index (χ1n) is 1.53. The number of carbonyl (C=O) groups excluding carboxylic acids is 1. The Kier molecular flexibility index (Phi) is 12.9. The summed E-state index contributed by atoms with van der Waals surface area (Å²) in [4.78, 5) is 9.65. The van der Waals surface area contributed by atoms with Crippen molar-refractivity contribution in [1.82, 2.24) is 0 Å². The Balaban J connectivity index is -0.000000245. The molecular weight excluding hydrogens is 185 g/mol. The van der Waals surface area contributed by atoms with Crippen molar-refractivity contribution >= 4 is 65.1 Å². The molecule has 0 heterocycles. The number of hydrogen-bond acceptors (Lipinski definition) is 5. The van der Waals surface area contributed by atoms with Crippen LogP contribution >= 0.6 is 0 Å². The first-order chi connectivity index (χ1) is 3.42. The van der Waals surface area contributed by atoms with Gasteiger partial charge in [0.05, 0.1) is 6.92 Å². The third-order valence-corrected chi connectivity index (χ3v) is 0.609. The van der Waals surface area contributed by atoms with Crippen LogP contribution in [0.4, 0.5) is 0 Å². The van der Waals surface area contributed by atoms with Crippen LogP contribution in [0.25, 0.3) is 0 Å². The summed E-state index contributed by atoms with van der Waals surface area (Å²) in [5.41, 5.74) is 0. The Morgan fingerprint density at radius 1 is 1.30 bits per heavy atom. The summed E-state index contributed by atoms with van der Waals surface area (Å²) in [6.45, 7) is 0.822. The van der Waals surface area contributed by atoms with E-state index in [9.17, 15) is 18.8 Å². The van der Waals surface area contributed by atoms with Gasteiger partial charge in [0, 0.05) is 0 Å². The molecule has 0 N–H and O–H groups in total. The van der Waals surface area contributed by atoms with E-state index in [1.165, 1.54) is 0 Å². The van der Waals surface area contributed by atoms with Crippen molar-refractivity contribution in [2.24, 2.45) is 0 Å². The summed E-state index contributed by atoms with van der Waals surface area (Å²) in [5.74, 6) is -1.14. The van der Waals surface area contributed by atoms with E-state index in [1.54, 1.807) is 0 Å². The van der Waals surface area contributed by atoms with Crippen LogP contribution in [0.1, 0.15) is 6.92 Å². The molecule has 0 amide bonds. The van der Waals surface area contributed by atoms with Gasteiger partial charge in [-0.1, -0.05) is 0 Å². The van der Waals surface area contributed by atoms with Gasteiger partial charge in [0.1, 0.15) is 10.2 Å². The zero-order valence-electron chi connectivity index (χ0n) is 3.92. The normalized spacial score (nSPS) is 8.80. The Morgan fingerprint density at radius 3 is 1.60 bits per heavy atom. The number of halogens is 1. The summed E-state index contributed by atoms with van der Waals surface area (Å²) < 4.78 is 31.4. The van der Waals surface area contributed by atoms with Crippen LogP contribution in [0.5, 0.6) is 0 Å². The Hall–Kier alpha value is 1.64. The molecule has 5 nitrogen and oxygen atoms in total. The predicted octanol–water partition coefficient (Wildman–Crippen LogP) is -4.85. The van der Waals surface area contributed by atoms with Crippen LogP contribution in [0.2, 0.25) is 0 Å². The van der Waals surface area contributed by atoms with Crippen LogP contribution in [0.3, 0.4) is 0 Å². The van der Waals surface area contributed by atoms with Crippen LogP contribution in [-0.4, -0.2) is 65.1 Å². The minimum absolute atomic E-state index is 0. The molecule has 0 aromatic rings. The summed E-state index contributed by atoms with van der Waals surface area (Å²) in [6.07, 6.45) is 0. The molecule has 10 heavy (non-hydrogen) atoms. The van der Waals surface area contributed by atoms with Crippen LogP contribution in [0.15, 0.2) is 0 Å². The molecular formula is C2H5ClNa2O5. The Bertz CT molecular complexity index is 100. The minimum atomic E-state index is -4.57. The zero-order valence-corrected chi connectivity index (χ0v) is 4.68. The van der Waals surface area contributed by atoms with Crippen molar-refractivity contribution < 1.29 is 33.3 Å². The molecule has 0 aromatic carbocycles. The van der Waals surface area contributed by atoms with Gasteiger partial charge in [-0.25, -0.2) is 4.79 Å². The fourth-order valence-corrected chi connectivity index (χ4v) is 0.399. The van der Waals surface area contributed by atoms with E-state index < -0.39 is 16.2 Å². The van der Waals surface area contributed by atoms with Gasteiger partial charge in [-0.05, 0) is 4.29 Å². The number of rotatable bonds is 1. The zero-order chi connectivity index (χ0) is 6.78. The molecule has 0 aliphatic heterocycles. The van der Waals surface area contributed by atoms with Crippen LogP contribution in [0, 0.1) is 10.2 Å². The molecule has 0 saturated carbocycles. The number of carbonyl (C=O) groups is 1. The molecule has 52 valence electrons. The molecule has 0 saturated heterocycles. The van der Waals surface area contributed by atoms with Gasteiger partial charge in [0.25, 0.3) is 0 Å². The third kappa shape index (κ3) is 16.3. The maximum atomic E-state index is 9.65. The molecule has 0 aromatic heterocycles. The van der Waals surface area contributed by atoms with E-state index >= 15 is 0 Å². The average molecular weight is 190 g/mol. The molecule has 0 unspecified atom stereocenters. The molecule has 0 aliphatic carbocycles. The Morgan fingerprint density at radius 2 is 1.60 bits per heavy atom. The first-order valence-corrected chi connectivity index (χ1v) is 2.76. The van der Waals surface area contributed by atoms with Crippen molar-refractivity contribution in [2.45, 2.75) is 6.92 Å². The van der Waals surface area contributed by atoms with Gasteiger partial charge >= 0.3 is 65.1 Å².